The van der Waals surface area contributed by atoms with Crippen LogP contribution in [0.25, 0.3) is 0 Å². The first-order valence-electron chi connectivity index (χ1n) is 7.04. The molecule has 3 atom stereocenters. The predicted octanol–water partition coefficient (Wildman–Crippen LogP) is 1.60. The van der Waals surface area contributed by atoms with Crippen LogP contribution < -0.4 is 5.32 Å². The van der Waals surface area contributed by atoms with Gasteiger partial charge >= 0.3 is 0 Å². The summed E-state index contributed by atoms with van der Waals surface area (Å²) in [7, 11) is -3.03. The van der Waals surface area contributed by atoms with Crippen LogP contribution in [0.3, 0.4) is 0 Å². The molecule has 1 saturated heterocycles. The Morgan fingerprint density at radius 3 is 2.61 bits per heavy atom. The zero-order chi connectivity index (χ0) is 13.6. The molecular weight excluding hydrogens is 250 g/mol. The second-order valence-electron chi connectivity index (χ2n) is 5.26. The van der Waals surface area contributed by atoms with Crippen molar-refractivity contribution in [2.75, 3.05) is 24.7 Å². The lowest BCUT2D eigenvalue weighted by atomic mass is 10.0. The molecule has 0 aromatic carbocycles. The minimum atomic E-state index is -3.03. The molecule has 0 amide bonds. The molecule has 5 heteroatoms. The summed E-state index contributed by atoms with van der Waals surface area (Å²) in [4.78, 5) is 0. The molecule has 4 nitrogen and oxygen atoms in total. The Bertz CT molecular complexity index is 323. The van der Waals surface area contributed by atoms with E-state index in [1.807, 2.05) is 6.92 Å². The van der Waals surface area contributed by atoms with Gasteiger partial charge in [0.2, 0.25) is 0 Å². The van der Waals surface area contributed by atoms with Gasteiger partial charge in [-0.2, -0.15) is 0 Å². The Labute approximate surface area is 111 Å². The first-order valence-corrected chi connectivity index (χ1v) is 8.86. The third kappa shape index (κ3) is 5.24. The van der Waals surface area contributed by atoms with Crippen molar-refractivity contribution in [3.8, 4) is 0 Å². The molecule has 0 bridgehead atoms. The Morgan fingerprint density at radius 1 is 1.39 bits per heavy atom. The van der Waals surface area contributed by atoms with Gasteiger partial charge in [0.05, 0.1) is 17.6 Å². The van der Waals surface area contributed by atoms with Crippen LogP contribution in [-0.2, 0) is 14.6 Å². The van der Waals surface area contributed by atoms with E-state index in [-0.39, 0.29) is 23.7 Å². The van der Waals surface area contributed by atoms with E-state index in [1.54, 1.807) is 0 Å². The Balaban J connectivity index is 2.54. The van der Waals surface area contributed by atoms with Gasteiger partial charge in [-0.1, -0.05) is 27.2 Å². The second kappa shape index (κ2) is 7.46. The maximum atomic E-state index is 12.2. The summed E-state index contributed by atoms with van der Waals surface area (Å²) in [5.74, 6) is 0.797. The highest BCUT2D eigenvalue weighted by atomic mass is 32.2. The molecule has 0 aliphatic carbocycles. The van der Waals surface area contributed by atoms with Crippen LogP contribution in [0.15, 0.2) is 0 Å². The molecule has 0 spiro atoms. The van der Waals surface area contributed by atoms with Crippen molar-refractivity contribution in [1.29, 1.82) is 0 Å². The lowest BCUT2D eigenvalue weighted by Crippen LogP contribution is -2.42. The Kier molecular flexibility index (Phi) is 6.60. The quantitative estimate of drug-likeness (QED) is 0.732. The minimum Gasteiger partial charge on any atom is -0.377 e. The molecule has 108 valence electrons. The van der Waals surface area contributed by atoms with Gasteiger partial charge in [-0.3, -0.25) is 0 Å². The van der Waals surface area contributed by atoms with Gasteiger partial charge in [-0.15, -0.1) is 0 Å². The molecule has 18 heavy (non-hydrogen) atoms. The fourth-order valence-electron chi connectivity index (χ4n) is 2.37. The van der Waals surface area contributed by atoms with Crippen molar-refractivity contribution in [3.63, 3.8) is 0 Å². The fourth-order valence-corrected chi connectivity index (χ4v) is 4.33. The van der Waals surface area contributed by atoms with Crippen LogP contribution in [0.1, 0.15) is 40.0 Å². The van der Waals surface area contributed by atoms with E-state index < -0.39 is 9.84 Å². The van der Waals surface area contributed by atoms with Crippen molar-refractivity contribution in [1.82, 2.24) is 5.32 Å². The van der Waals surface area contributed by atoms with Crippen LogP contribution in [0.5, 0.6) is 0 Å². The van der Waals surface area contributed by atoms with Crippen LogP contribution in [0, 0.1) is 5.92 Å². The molecule has 1 aliphatic heterocycles. The van der Waals surface area contributed by atoms with Gasteiger partial charge in [0, 0.05) is 12.6 Å². The standard InChI is InChI=1S/C13H27NO3S/c1-4-11(3)13(14-5-2)10-18(15,16)9-12-7-6-8-17-12/h11-14H,4-10H2,1-3H3. The summed E-state index contributed by atoms with van der Waals surface area (Å²) in [5.41, 5.74) is 0. The Hall–Kier alpha value is -0.130. The van der Waals surface area contributed by atoms with Crippen LogP contribution in [0.2, 0.25) is 0 Å². The number of nitrogens with one attached hydrogen (secondary N) is 1. The molecule has 1 rings (SSSR count). The first kappa shape index (κ1) is 15.9. The number of hydrogen-bond acceptors (Lipinski definition) is 4. The van der Waals surface area contributed by atoms with E-state index in [9.17, 15) is 8.42 Å². The van der Waals surface area contributed by atoms with Crippen LogP contribution in [0.4, 0.5) is 0 Å². The van der Waals surface area contributed by atoms with E-state index in [0.717, 1.165) is 25.8 Å². The van der Waals surface area contributed by atoms with Gasteiger partial charge in [-0.05, 0) is 25.3 Å². The average molecular weight is 277 g/mol. The summed E-state index contributed by atoms with van der Waals surface area (Å²) in [6, 6.07) is 0.0615. The van der Waals surface area contributed by atoms with E-state index in [4.69, 9.17) is 4.74 Å². The van der Waals surface area contributed by atoms with Gasteiger partial charge in [-0.25, -0.2) is 8.42 Å². The van der Waals surface area contributed by atoms with Crippen LogP contribution in [-0.4, -0.2) is 45.2 Å². The molecule has 1 N–H and O–H groups in total. The van der Waals surface area contributed by atoms with Crippen molar-refractivity contribution in [3.05, 3.63) is 0 Å². The minimum absolute atomic E-state index is 0.0615. The molecule has 1 heterocycles. The van der Waals surface area contributed by atoms with Crippen LogP contribution >= 0.6 is 0 Å². The monoisotopic (exact) mass is 277 g/mol. The number of rotatable bonds is 8. The zero-order valence-electron chi connectivity index (χ0n) is 11.8. The summed E-state index contributed by atoms with van der Waals surface area (Å²) >= 11 is 0. The van der Waals surface area contributed by atoms with E-state index in [0.29, 0.717) is 12.5 Å². The van der Waals surface area contributed by atoms with Gasteiger partial charge in [0.15, 0.2) is 9.84 Å². The number of hydrogen-bond donors (Lipinski definition) is 1. The van der Waals surface area contributed by atoms with Crippen molar-refractivity contribution >= 4 is 9.84 Å². The molecular formula is C13H27NO3S. The average Bonchev–Trinajstić information content (AvgIpc) is 2.79. The number of sulfone groups is 1. The predicted molar refractivity (Wildman–Crippen MR) is 74.5 cm³/mol. The van der Waals surface area contributed by atoms with E-state index in [1.165, 1.54) is 0 Å². The second-order valence-corrected chi connectivity index (χ2v) is 7.42. The lowest BCUT2D eigenvalue weighted by Gasteiger charge is -2.24. The first-order chi connectivity index (χ1) is 8.48. The SMILES string of the molecule is CCNC(CS(=O)(=O)CC1CCCO1)C(C)CC. The topological polar surface area (TPSA) is 55.4 Å². The third-order valence-corrected chi connectivity index (χ3v) is 5.44. The van der Waals surface area contributed by atoms with Crippen molar-refractivity contribution in [2.45, 2.75) is 52.2 Å². The molecule has 0 aromatic rings. The lowest BCUT2D eigenvalue weighted by molar-refractivity contribution is 0.127. The molecule has 3 unspecified atom stereocenters. The summed E-state index contributed by atoms with van der Waals surface area (Å²) in [6.07, 6.45) is 2.79. The van der Waals surface area contributed by atoms with Gasteiger partial charge in [0.25, 0.3) is 0 Å². The van der Waals surface area contributed by atoms with Crippen molar-refractivity contribution in [2.24, 2.45) is 5.92 Å². The van der Waals surface area contributed by atoms with Gasteiger partial charge < -0.3 is 10.1 Å². The zero-order valence-corrected chi connectivity index (χ0v) is 12.6. The molecule has 0 saturated carbocycles. The largest absolute Gasteiger partial charge is 0.377 e. The molecule has 1 aliphatic rings. The van der Waals surface area contributed by atoms with Gasteiger partial charge in [0.1, 0.15) is 0 Å². The van der Waals surface area contributed by atoms with Crippen molar-refractivity contribution < 1.29 is 13.2 Å². The summed E-state index contributed by atoms with van der Waals surface area (Å²) in [5, 5.41) is 3.29. The fraction of sp³-hybridized carbons (Fsp3) is 1.00. The smallest absolute Gasteiger partial charge is 0.154 e. The highest BCUT2D eigenvalue weighted by Gasteiger charge is 2.27. The maximum absolute atomic E-state index is 12.2. The Morgan fingerprint density at radius 2 is 2.11 bits per heavy atom. The number of ether oxygens (including phenoxy) is 1. The van der Waals surface area contributed by atoms with E-state index in [2.05, 4.69) is 19.2 Å². The third-order valence-electron chi connectivity index (χ3n) is 3.69. The summed E-state index contributed by atoms with van der Waals surface area (Å²) < 4.78 is 29.8. The highest BCUT2D eigenvalue weighted by Crippen LogP contribution is 2.16. The highest BCUT2D eigenvalue weighted by molar-refractivity contribution is 7.91. The summed E-state index contributed by atoms with van der Waals surface area (Å²) in [6.45, 7) is 7.74. The molecule has 0 radical (unpaired) electrons. The van der Waals surface area contributed by atoms with E-state index >= 15 is 0 Å². The molecule has 0 aromatic heterocycles. The maximum Gasteiger partial charge on any atom is 0.154 e. The normalized spacial score (nSPS) is 24.1. The molecule has 1 fully saturated rings.